The fourth-order valence-electron chi connectivity index (χ4n) is 2.57. The summed E-state index contributed by atoms with van der Waals surface area (Å²) in [7, 11) is 0. The van der Waals surface area contributed by atoms with Crippen LogP contribution in [0.2, 0.25) is 0 Å². The van der Waals surface area contributed by atoms with E-state index in [1.54, 1.807) is 0 Å². The summed E-state index contributed by atoms with van der Waals surface area (Å²) < 4.78 is 5.93. The van der Waals surface area contributed by atoms with Crippen molar-refractivity contribution in [3.05, 3.63) is 0 Å². The standard InChI is InChI=1S/C12H20N2O/c1-11(2)3-5-12(6-4-11)9-14-8-10(7-13)15-12/h10,14H,3-6,8-9H2,1-2H3. The van der Waals surface area contributed by atoms with Gasteiger partial charge in [0, 0.05) is 13.1 Å². The zero-order valence-corrected chi connectivity index (χ0v) is 9.68. The Morgan fingerprint density at radius 2 is 1.93 bits per heavy atom. The highest BCUT2D eigenvalue weighted by Gasteiger charge is 2.42. The first-order valence-electron chi connectivity index (χ1n) is 5.84. The molecular formula is C12H20N2O. The van der Waals surface area contributed by atoms with Crippen molar-refractivity contribution in [1.82, 2.24) is 5.32 Å². The molecule has 0 aromatic carbocycles. The number of nitriles is 1. The average molecular weight is 208 g/mol. The third kappa shape index (κ3) is 2.32. The highest BCUT2D eigenvalue weighted by Crippen LogP contribution is 2.42. The van der Waals surface area contributed by atoms with Crippen LogP contribution in [0, 0.1) is 16.7 Å². The molecule has 2 rings (SSSR count). The Bertz CT molecular complexity index is 270. The molecule has 1 spiro atoms. The number of hydrogen-bond donors (Lipinski definition) is 1. The summed E-state index contributed by atoms with van der Waals surface area (Å²) in [6.45, 7) is 6.23. The minimum Gasteiger partial charge on any atom is -0.354 e. The van der Waals surface area contributed by atoms with Crippen molar-refractivity contribution in [3.8, 4) is 6.07 Å². The van der Waals surface area contributed by atoms with Crippen LogP contribution in [0.4, 0.5) is 0 Å². The molecule has 84 valence electrons. The molecule has 15 heavy (non-hydrogen) atoms. The molecule has 0 aromatic rings. The number of nitrogens with zero attached hydrogens (tertiary/aromatic N) is 1. The fourth-order valence-corrected chi connectivity index (χ4v) is 2.57. The quantitative estimate of drug-likeness (QED) is 0.660. The van der Waals surface area contributed by atoms with E-state index >= 15 is 0 Å². The first-order chi connectivity index (χ1) is 7.05. The summed E-state index contributed by atoms with van der Waals surface area (Å²) in [5, 5.41) is 12.2. The molecule has 1 aliphatic heterocycles. The minimum atomic E-state index is -0.250. The molecule has 1 aliphatic carbocycles. The molecular weight excluding hydrogens is 188 g/mol. The Balaban J connectivity index is 2.00. The Morgan fingerprint density at radius 1 is 1.27 bits per heavy atom. The Kier molecular flexibility index (Phi) is 2.74. The largest absolute Gasteiger partial charge is 0.354 e. The topological polar surface area (TPSA) is 45.0 Å². The van der Waals surface area contributed by atoms with E-state index < -0.39 is 0 Å². The molecule has 0 aromatic heterocycles. The van der Waals surface area contributed by atoms with Crippen LogP contribution in [0.15, 0.2) is 0 Å². The van der Waals surface area contributed by atoms with Gasteiger partial charge in [0.15, 0.2) is 6.10 Å². The molecule has 1 unspecified atom stereocenters. The SMILES string of the molecule is CC1(C)CCC2(CC1)CNCC(C#N)O2. The van der Waals surface area contributed by atoms with Gasteiger partial charge in [-0.25, -0.2) is 0 Å². The smallest absolute Gasteiger partial charge is 0.157 e. The third-order valence-corrected chi connectivity index (χ3v) is 3.83. The summed E-state index contributed by atoms with van der Waals surface area (Å²) in [5.41, 5.74) is 0.405. The van der Waals surface area contributed by atoms with Crippen molar-refractivity contribution in [1.29, 1.82) is 5.26 Å². The number of nitrogens with one attached hydrogen (secondary N) is 1. The van der Waals surface area contributed by atoms with E-state index in [4.69, 9.17) is 10.00 Å². The zero-order chi connectivity index (χ0) is 10.9. The second-order valence-corrected chi connectivity index (χ2v) is 5.71. The zero-order valence-electron chi connectivity index (χ0n) is 9.68. The summed E-state index contributed by atoms with van der Waals surface area (Å²) in [6.07, 6.45) is 4.33. The van der Waals surface area contributed by atoms with Crippen LogP contribution in [-0.2, 0) is 4.74 Å². The molecule has 0 bridgehead atoms. The predicted molar refractivity (Wildman–Crippen MR) is 58.3 cm³/mol. The molecule has 0 radical (unpaired) electrons. The van der Waals surface area contributed by atoms with E-state index in [-0.39, 0.29) is 11.7 Å². The Hall–Kier alpha value is -0.590. The monoisotopic (exact) mass is 208 g/mol. The maximum absolute atomic E-state index is 8.89. The lowest BCUT2D eigenvalue weighted by Gasteiger charge is -2.46. The first kappa shape index (κ1) is 10.9. The van der Waals surface area contributed by atoms with Gasteiger partial charge in [-0.3, -0.25) is 0 Å². The van der Waals surface area contributed by atoms with Crippen LogP contribution in [0.25, 0.3) is 0 Å². The van der Waals surface area contributed by atoms with Crippen molar-refractivity contribution < 1.29 is 4.74 Å². The van der Waals surface area contributed by atoms with Crippen LogP contribution < -0.4 is 5.32 Å². The molecule has 3 heteroatoms. The maximum Gasteiger partial charge on any atom is 0.157 e. The average Bonchev–Trinajstić information content (AvgIpc) is 2.24. The van der Waals surface area contributed by atoms with E-state index in [9.17, 15) is 0 Å². The molecule has 2 fully saturated rings. The normalized spacial score (nSPS) is 33.5. The van der Waals surface area contributed by atoms with Gasteiger partial charge < -0.3 is 10.1 Å². The van der Waals surface area contributed by atoms with Gasteiger partial charge in [0.05, 0.1) is 11.7 Å². The van der Waals surface area contributed by atoms with Gasteiger partial charge in [0.1, 0.15) is 0 Å². The van der Waals surface area contributed by atoms with E-state index in [1.165, 1.54) is 12.8 Å². The molecule has 1 saturated carbocycles. The molecule has 1 atom stereocenters. The molecule has 3 nitrogen and oxygen atoms in total. The van der Waals surface area contributed by atoms with Gasteiger partial charge >= 0.3 is 0 Å². The Labute approximate surface area is 91.8 Å². The summed E-state index contributed by atoms with van der Waals surface area (Å²) in [4.78, 5) is 0. The molecule has 1 heterocycles. The number of rotatable bonds is 0. The first-order valence-corrected chi connectivity index (χ1v) is 5.84. The van der Waals surface area contributed by atoms with Gasteiger partial charge in [-0.2, -0.15) is 5.26 Å². The summed E-state index contributed by atoms with van der Waals surface area (Å²) in [5.74, 6) is 0. The maximum atomic E-state index is 8.89. The van der Waals surface area contributed by atoms with E-state index in [0.29, 0.717) is 12.0 Å². The van der Waals surface area contributed by atoms with Gasteiger partial charge in [-0.05, 0) is 31.1 Å². The second-order valence-electron chi connectivity index (χ2n) is 5.71. The molecule has 1 N–H and O–H groups in total. The van der Waals surface area contributed by atoms with Crippen molar-refractivity contribution in [3.63, 3.8) is 0 Å². The fraction of sp³-hybridized carbons (Fsp3) is 0.917. The minimum absolute atomic E-state index is 0.0475. The van der Waals surface area contributed by atoms with E-state index in [0.717, 1.165) is 19.4 Å². The van der Waals surface area contributed by atoms with Gasteiger partial charge in [-0.1, -0.05) is 13.8 Å². The van der Waals surface area contributed by atoms with E-state index in [2.05, 4.69) is 25.2 Å². The summed E-state index contributed by atoms with van der Waals surface area (Å²) in [6, 6.07) is 2.21. The highest BCUT2D eigenvalue weighted by atomic mass is 16.5. The van der Waals surface area contributed by atoms with Crippen LogP contribution in [0.5, 0.6) is 0 Å². The Morgan fingerprint density at radius 3 is 2.53 bits per heavy atom. The molecule has 0 amide bonds. The second kappa shape index (κ2) is 3.77. The van der Waals surface area contributed by atoms with Crippen molar-refractivity contribution >= 4 is 0 Å². The highest BCUT2D eigenvalue weighted by molar-refractivity contribution is 5.00. The van der Waals surface area contributed by atoms with Gasteiger partial charge in [0.25, 0.3) is 0 Å². The predicted octanol–water partition coefficient (Wildman–Crippen LogP) is 1.84. The van der Waals surface area contributed by atoms with Gasteiger partial charge in [-0.15, -0.1) is 0 Å². The summed E-state index contributed by atoms with van der Waals surface area (Å²) >= 11 is 0. The van der Waals surface area contributed by atoms with Crippen molar-refractivity contribution in [2.75, 3.05) is 13.1 Å². The van der Waals surface area contributed by atoms with E-state index in [1.807, 2.05) is 0 Å². The molecule has 2 aliphatic rings. The lowest BCUT2D eigenvalue weighted by Crippen LogP contribution is -2.55. The van der Waals surface area contributed by atoms with Crippen molar-refractivity contribution in [2.45, 2.75) is 51.2 Å². The number of hydrogen-bond acceptors (Lipinski definition) is 3. The third-order valence-electron chi connectivity index (χ3n) is 3.83. The van der Waals surface area contributed by atoms with Crippen molar-refractivity contribution in [2.24, 2.45) is 5.41 Å². The van der Waals surface area contributed by atoms with Crippen LogP contribution >= 0.6 is 0 Å². The van der Waals surface area contributed by atoms with Crippen LogP contribution in [-0.4, -0.2) is 24.8 Å². The van der Waals surface area contributed by atoms with Gasteiger partial charge in [0.2, 0.25) is 0 Å². The number of morpholine rings is 1. The lowest BCUT2D eigenvalue weighted by atomic mass is 9.70. The molecule has 1 saturated heterocycles. The number of ether oxygens (including phenoxy) is 1. The van der Waals surface area contributed by atoms with Crippen LogP contribution in [0.1, 0.15) is 39.5 Å². The lowest BCUT2D eigenvalue weighted by molar-refractivity contribution is -0.127. The van der Waals surface area contributed by atoms with Crippen LogP contribution in [0.3, 0.4) is 0 Å².